The molecule has 18 heavy (non-hydrogen) atoms. The van der Waals surface area contributed by atoms with Crippen LogP contribution < -0.4 is 5.32 Å². The first kappa shape index (κ1) is 13.2. The molecule has 1 aromatic carbocycles. The number of hydrogen-bond acceptors (Lipinski definition) is 4. The van der Waals surface area contributed by atoms with Crippen LogP contribution in [-0.4, -0.2) is 26.8 Å². The third-order valence-corrected chi connectivity index (χ3v) is 3.98. The van der Waals surface area contributed by atoms with Gasteiger partial charge in [-0.05, 0) is 54.1 Å². The lowest BCUT2D eigenvalue weighted by molar-refractivity contribution is 0.663. The van der Waals surface area contributed by atoms with Gasteiger partial charge in [0.1, 0.15) is 0 Å². The lowest BCUT2D eigenvalue weighted by atomic mass is 10.1. The monoisotopic (exact) mass is 309 g/mol. The van der Waals surface area contributed by atoms with E-state index in [1.165, 1.54) is 11.1 Å². The number of aryl methyl sites for hydroxylation is 2. The minimum Gasteiger partial charge on any atom is -0.310 e. The standard InChI is InChI=1S/C12H16BrN5/c1-4-14-7-11-15-16-17-18(11)10-5-8(2)12(13)9(3)6-10/h5-6,14H,4,7H2,1-3H3. The molecule has 0 aliphatic rings. The molecule has 0 amide bonds. The van der Waals surface area contributed by atoms with E-state index in [0.717, 1.165) is 22.5 Å². The van der Waals surface area contributed by atoms with Gasteiger partial charge in [-0.15, -0.1) is 5.10 Å². The molecule has 0 radical (unpaired) electrons. The molecule has 0 aliphatic heterocycles. The number of hydrogen-bond donors (Lipinski definition) is 1. The topological polar surface area (TPSA) is 55.6 Å². The Bertz CT molecular complexity index is 526. The highest BCUT2D eigenvalue weighted by molar-refractivity contribution is 9.10. The smallest absolute Gasteiger partial charge is 0.170 e. The average Bonchev–Trinajstić information content (AvgIpc) is 2.81. The zero-order valence-electron chi connectivity index (χ0n) is 10.7. The first-order valence-corrected chi connectivity index (χ1v) is 6.68. The molecule has 2 aromatic rings. The third-order valence-electron chi connectivity index (χ3n) is 2.73. The van der Waals surface area contributed by atoms with Crippen molar-refractivity contribution in [3.8, 4) is 5.69 Å². The summed E-state index contributed by atoms with van der Waals surface area (Å²) in [6.45, 7) is 7.74. The number of tetrazole rings is 1. The molecule has 0 spiro atoms. The van der Waals surface area contributed by atoms with E-state index < -0.39 is 0 Å². The van der Waals surface area contributed by atoms with E-state index in [1.807, 2.05) is 0 Å². The van der Waals surface area contributed by atoms with Crippen molar-refractivity contribution < 1.29 is 0 Å². The predicted octanol–water partition coefficient (Wildman–Crippen LogP) is 2.15. The molecule has 6 heteroatoms. The van der Waals surface area contributed by atoms with Gasteiger partial charge in [-0.2, -0.15) is 4.68 Å². The molecule has 0 saturated carbocycles. The van der Waals surface area contributed by atoms with Crippen LogP contribution in [0.4, 0.5) is 0 Å². The molecule has 2 rings (SSSR count). The SMILES string of the molecule is CCNCc1nnnn1-c1cc(C)c(Br)c(C)c1. The van der Waals surface area contributed by atoms with Crippen LogP contribution >= 0.6 is 15.9 Å². The third kappa shape index (κ3) is 2.59. The van der Waals surface area contributed by atoms with Crippen molar-refractivity contribution in [3.63, 3.8) is 0 Å². The predicted molar refractivity (Wildman–Crippen MR) is 73.7 cm³/mol. The molecule has 5 nitrogen and oxygen atoms in total. The van der Waals surface area contributed by atoms with E-state index in [9.17, 15) is 0 Å². The largest absolute Gasteiger partial charge is 0.310 e. The number of benzene rings is 1. The second kappa shape index (κ2) is 5.58. The Hall–Kier alpha value is -1.27. The Labute approximate surface area is 115 Å². The molecule has 0 aliphatic carbocycles. The number of rotatable bonds is 4. The van der Waals surface area contributed by atoms with Gasteiger partial charge in [0, 0.05) is 4.47 Å². The van der Waals surface area contributed by atoms with Gasteiger partial charge in [-0.25, -0.2) is 0 Å². The van der Waals surface area contributed by atoms with Crippen LogP contribution in [0.5, 0.6) is 0 Å². The van der Waals surface area contributed by atoms with Gasteiger partial charge in [0.05, 0.1) is 12.2 Å². The zero-order valence-corrected chi connectivity index (χ0v) is 12.3. The fourth-order valence-corrected chi connectivity index (χ4v) is 2.03. The van der Waals surface area contributed by atoms with Crippen molar-refractivity contribution in [1.29, 1.82) is 0 Å². The molecule has 1 aromatic heterocycles. The van der Waals surface area contributed by atoms with E-state index >= 15 is 0 Å². The molecule has 0 unspecified atom stereocenters. The fraction of sp³-hybridized carbons (Fsp3) is 0.417. The van der Waals surface area contributed by atoms with E-state index in [1.54, 1.807) is 4.68 Å². The van der Waals surface area contributed by atoms with Crippen LogP contribution in [0.1, 0.15) is 23.9 Å². The summed E-state index contributed by atoms with van der Waals surface area (Å²) in [6.07, 6.45) is 0. The first-order valence-electron chi connectivity index (χ1n) is 5.88. The van der Waals surface area contributed by atoms with E-state index in [0.29, 0.717) is 6.54 Å². The minimum atomic E-state index is 0.664. The molecule has 0 atom stereocenters. The van der Waals surface area contributed by atoms with Crippen LogP contribution in [0.15, 0.2) is 16.6 Å². The molecule has 0 bridgehead atoms. The number of nitrogens with one attached hydrogen (secondary N) is 1. The quantitative estimate of drug-likeness (QED) is 0.940. The van der Waals surface area contributed by atoms with Crippen LogP contribution in [0, 0.1) is 13.8 Å². The van der Waals surface area contributed by atoms with Crippen molar-refractivity contribution in [2.75, 3.05) is 6.54 Å². The molecule has 1 heterocycles. The molecule has 0 saturated heterocycles. The number of halogens is 1. The van der Waals surface area contributed by atoms with Crippen LogP contribution in [0.3, 0.4) is 0 Å². The Morgan fingerprint density at radius 3 is 2.56 bits per heavy atom. The van der Waals surface area contributed by atoms with Gasteiger partial charge in [-0.1, -0.05) is 22.9 Å². The van der Waals surface area contributed by atoms with Crippen molar-refractivity contribution in [2.24, 2.45) is 0 Å². The number of nitrogens with zero attached hydrogens (tertiary/aromatic N) is 4. The second-order valence-corrected chi connectivity index (χ2v) is 4.97. The molecular formula is C12H16BrN5. The van der Waals surface area contributed by atoms with Crippen molar-refractivity contribution in [1.82, 2.24) is 25.5 Å². The van der Waals surface area contributed by atoms with Gasteiger partial charge in [0.25, 0.3) is 0 Å². The maximum absolute atomic E-state index is 4.05. The van der Waals surface area contributed by atoms with E-state index in [4.69, 9.17) is 0 Å². The normalized spacial score (nSPS) is 10.9. The molecule has 1 N–H and O–H groups in total. The molecular weight excluding hydrogens is 294 g/mol. The van der Waals surface area contributed by atoms with Gasteiger partial charge in [0.2, 0.25) is 0 Å². The Balaban J connectivity index is 2.40. The fourth-order valence-electron chi connectivity index (χ4n) is 1.80. The average molecular weight is 310 g/mol. The first-order chi connectivity index (χ1) is 8.63. The Kier molecular flexibility index (Phi) is 4.08. The van der Waals surface area contributed by atoms with Crippen LogP contribution in [0.2, 0.25) is 0 Å². The highest BCUT2D eigenvalue weighted by Gasteiger charge is 2.10. The summed E-state index contributed by atoms with van der Waals surface area (Å²) < 4.78 is 2.90. The highest BCUT2D eigenvalue weighted by atomic mass is 79.9. The molecule has 0 fully saturated rings. The summed E-state index contributed by atoms with van der Waals surface area (Å²) in [5.74, 6) is 0.818. The van der Waals surface area contributed by atoms with Gasteiger partial charge in [0.15, 0.2) is 5.82 Å². The maximum atomic E-state index is 4.05. The lowest BCUT2D eigenvalue weighted by Crippen LogP contribution is -2.16. The maximum Gasteiger partial charge on any atom is 0.170 e. The summed E-state index contributed by atoms with van der Waals surface area (Å²) >= 11 is 3.56. The lowest BCUT2D eigenvalue weighted by Gasteiger charge is -2.09. The van der Waals surface area contributed by atoms with Crippen molar-refractivity contribution in [2.45, 2.75) is 27.3 Å². The summed E-state index contributed by atoms with van der Waals surface area (Å²) in [6, 6.07) is 4.14. The summed E-state index contributed by atoms with van der Waals surface area (Å²) in [4.78, 5) is 0. The van der Waals surface area contributed by atoms with E-state index in [2.05, 4.69) is 69.7 Å². The van der Waals surface area contributed by atoms with Crippen LogP contribution in [0.25, 0.3) is 5.69 Å². The summed E-state index contributed by atoms with van der Waals surface area (Å²) in [5, 5.41) is 15.1. The zero-order chi connectivity index (χ0) is 13.1. The summed E-state index contributed by atoms with van der Waals surface area (Å²) in [7, 11) is 0. The number of aromatic nitrogens is 4. The van der Waals surface area contributed by atoms with Gasteiger partial charge < -0.3 is 5.32 Å². The summed E-state index contributed by atoms with van der Waals surface area (Å²) in [5.41, 5.74) is 3.34. The highest BCUT2D eigenvalue weighted by Crippen LogP contribution is 2.24. The minimum absolute atomic E-state index is 0.664. The van der Waals surface area contributed by atoms with Crippen molar-refractivity contribution in [3.05, 3.63) is 33.6 Å². The van der Waals surface area contributed by atoms with Gasteiger partial charge >= 0.3 is 0 Å². The van der Waals surface area contributed by atoms with E-state index in [-0.39, 0.29) is 0 Å². The van der Waals surface area contributed by atoms with Gasteiger partial charge in [-0.3, -0.25) is 0 Å². The Morgan fingerprint density at radius 2 is 1.94 bits per heavy atom. The molecule has 96 valence electrons. The van der Waals surface area contributed by atoms with Crippen LogP contribution in [-0.2, 0) is 6.54 Å². The second-order valence-electron chi connectivity index (χ2n) is 4.18. The Morgan fingerprint density at radius 1 is 1.28 bits per heavy atom. The van der Waals surface area contributed by atoms with Crippen molar-refractivity contribution >= 4 is 15.9 Å².